The summed E-state index contributed by atoms with van der Waals surface area (Å²) in [7, 11) is -3.51. The zero-order chi connectivity index (χ0) is 25.0. The van der Waals surface area contributed by atoms with Gasteiger partial charge in [-0.3, -0.25) is 0 Å². The summed E-state index contributed by atoms with van der Waals surface area (Å²) < 4.78 is 49.6. The Kier molecular flexibility index (Phi) is 5.85. The Labute approximate surface area is 204 Å². The second-order valence-corrected chi connectivity index (χ2v) is 12.0. The van der Waals surface area contributed by atoms with Crippen molar-refractivity contribution in [2.24, 2.45) is 5.92 Å². The van der Waals surface area contributed by atoms with Crippen LogP contribution < -0.4 is 10.1 Å². The average Bonchev–Trinajstić information content (AvgIpc) is 3.23. The van der Waals surface area contributed by atoms with Crippen LogP contribution in [0.15, 0.2) is 29.4 Å². The Balaban J connectivity index is 1.24. The lowest BCUT2D eigenvalue weighted by molar-refractivity contribution is 0.0515. The maximum atomic E-state index is 14.5. The lowest BCUT2D eigenvalue weighted by Crippen LogP contribution is -2.39. The molecule has 2 saturated heterocycles. The van der Waals surface area contributed by atoms with Gasteiger partial charge in [0.1, 0.15) is 23.6 Å². The maximum absolute atomic E-state index is 14.5. The number of carbonyl (C=O) groups excluding carboxylic acids is 1. The smallest absolute Gasteiger partial charge is 0.410 e. The number of nitrogens with one attached hydrogen (secondary N) is 1. The highest BCUT2D eigenvalue weighted by Crippen LogP contribution is 2.45. The summed E-state index contributed by atoms with van der Waals surface area (Å²) in [5, 5.41) is 2.89. The van der Waals surface area contributed by atoms with Crippen LogP contribution in [0.2, 0.25) is 0 Å². The minimum absolute atomic E-state index is 0.0942. The molecule has 3 unspecified atom stereocenters. The summed E-state index contributed by atoms with van der Waals surface area (Å²) in [5.41, 5.74) is 0.397. The Morgan fingerprint density at radius 2 is 2.06 bits per heavy atom. The van der Waals surface area contributed by atoms with Crippen LogP contribution >= 0.6 is 0 Å². The van der Waals surface area contributed by atoms with Gasteiger partial charge in [0, 0.05) is 24.3 Å². The number of rotatable bonds is 7. The molecule has 2 bridgehead atoms. The molecule has 1 aromatic heterocycles. The Hall–Kier alpha value is -2.95. The molecular formula is C24H29FN4O5S. The third-order valence-electron chi connectivity index (χ3n) is 7.26. The van der Waals surface area contributed by atoms with E-state index < -0.39 is 15.7 Å². The lowest BCUT2D eigenvalue weighted by atomic mass is 9.90. The van der Waals surface area contributed by atoms with Crippen molar-refractivity contribution in [3.63, 3.8) is 0 Å². The molecule has 1 amide bonds. The molecule has 2 aliphatic heterocycles. The number of hydrogen-bond donors (Lipinski definition) is 1. The fourth-order valence-corrected chi connectivity index (χ4v) is 5.60. The molecule has 188 valence electrons. The van der Waals surface area contributed by atoms with Crippen LogP contribution in [-0.2, 0) is 14.6 Å². The van der Waals surface area contributed by atoms with Crippen molar-refractivity contribution in [1.82, 2.24) is 14.9 Å². The first kappa shape index (κ1) is 23.8. The van der Waals surface area contributed by atoms with Crippen LogP contribution in [0.4, 0.5) is 20.7 Å². The quantitative estimate of drug-likeness (QED) is 0.603. The van der Waals surface area contributed by atoms with E-state index in [1.165, 1.54) is 18.5 Å². The predicted molar refractivity (Wildman–Crippen MR) is 126 cm³/mol. The van der Waals surface area contributed by atoms with Crippen molar-refractivity contribution in [3.05, 3.63) is 35.9 Å². The average molecular weight is 505 g/mol. The highest BCUT2D eigenvalue weighted by molar-refractivity contribution is 7.90. The van der Waals surface area contributed by atoms with E-state index in [-0.39, 0.29) is 40.3 Å². The van der Waals surface area contributed by atoms with Crippen molar-refractivity contribution < 1.29 is 27.1 Å². The molecular weight excluding hydrogens is 475 g/mol. The van der Waals surface area contributed by atoms with Gasteiger partial charge in [-0.2, -0.15) is 0 Å². The number of carbonyl (C=O) groups is 1. The minimum atomic E-state index is -3.51. The van der Waals surface area contributed by atoms with Crippen molar-refractivity contribution >= 4 is 27.4 Å². The monoisotopic (exact) mass is 504 g/mol. The summed E-state index contributed by atoms with van der Waals surface area (Å²) in [6.07, 6.45) is 6.76. The van der Waals surface area contributed by atoms with Gasteiger partial charge in [0.05, 0.1) is 22.8 Å². The van der Waals surface area contributed by atoms with Crippen LogP contribution in [0.25, 0.3) is 0 Å². The van der Waals surface area contributed by atoms with Gasteiger partial charge in [0.25, 0.3) is 0 Å². The SMILES string of the molecule is Cc1c(Nc2ccc(S(C)(=O)=O)cc2F)ncnc1OCC1CC2CCC1N2C(=O)OC1(C)CC1. The van der Waals surface area contributed by atoms with Gasteiger partial charge in [0.15, 0.2) is 9.84 Å². The van der Waals surface area contributed by atoms with Crippen LogP contribution in [0.1, 0.15) is 44.6 Å². The molecule has 3 aliphatic rings. The molecule has 1 aromatic carbocycles. The van der Waals surface area contributed by atoms with Gasteiger partial charge in [-0.05, 0) is 64.2 Å². The van der Waals surface area contributed by atoms with Crippen LogP contribution in [-0.4, -0.2) is 59.9 Å². The fraction of sp³-hybridized carbons (Fsp3) is 0.542. The second-order valence-electron chi connectivity index (χ2n) is 10.0. The zero-order valence-corrected chi connectivity index (χ0v) is 20.8. The van der Waals surface area contributed by atoms with E-state index >= 15 is 0 Å². The van der Waals surface area contributed by atoms with E-state index in [9.17, 15) is 17.6 Å². The molecule has 35 heavy (non-hydrogen) atoms. The Bertz CT molecular complexity index is 1270. The van der Waals surface area contributed by atoms with E-state index in [0.29, 0.717) is 23.9 Å². The third kappa shape index (κ3) is 4.78. The first-order chi connectivity index (χ1) is 16.5. The molecule has 9 nitrogen and oxygen atoms in total. The van der Waals surface area contributed by atoms with E-state index in [1.54, 1.807) is 6.92 Å². The van der Waals surface area contributed by atoms with E-state index in [2.05, 4.69) is 15.3 Å². The number of amides is 1. The standard InChI is InChI=1S/C24H29FN4O5S/c1-14-21(28-19-6-5-17(11-18(19)25)35(3,31)32)26-13-27-22(14)33-12-15-10-16-4-7-20(15)29(16)23(30)34-24(2)8-9-24/h5-6,11,13,15-16,20H,4,7-10,12H2,1-3H3,(H,26,27,28). The first-order valence-corrected chi connectivity index (χ1v) is 13.7. The third-order valence-corrected chi connectivity index (χ3v) is 8.37. The molecule has 11 heteroatoms. The molecule has 3 heterocycles. The molecule has 5 rings (SSSR count). The topological polar surface area (TPSA) is 111 Å². The maximum Gasteiger partial charge on any atom is 0.410 e. The summed E-state index contributed by atoms with van der Waals surface area (Å²) in [5.74, 6) is 0.206. The minimum Gasteiger partial charge on any atom is -0.477 e. The number of hydrogen-bond acceptors (Lipinski definition) is 8. The number of halogens is 1. The number of anilines is 2. The molecule has 1 saturated carbocycles. The van der Waals surface area contributed by atoms with Gasteiger partial charge < -0.3 is 19.7 Å². The van der Waals surface area contributed by atoms with Crippen molar-refractivity contribution in [3.8, 4) is 5.88 Å². The highest BCUT2D eigenvalue weighted by Gasteiger charge is 2.52. The second kappa shape index (κ2) is 8.61. The first-order valence-electron chi connectivity index (χ1n) is 11.8. The normalized spacial score (nSPS) is 24.3. The van der Waals surface area contributed by atoms with Crippen molar-refractivity contribution in [2.45, 2.75) is 68.5 Å². The van der Waals surface area contributed by atoms with E-state index in [1.807, 2.05) is 11.8 Å². The molecule has 1 aliphatic carbocycles. The van der Waals surface area contributed by atoms with Gasteiger partial charge in [-0.25, -0.2) is 27.6 Å². The number of aromatic nitrogens is 2. The summed E-state index contributed by atoms with van der Waals surface area (Å²) >= 11 is 0. The van der Waals surface area contributed by atoms with Crippen LogP contribution in [0, 0.1) is 18.7 Å². The molecule has 1 N–H and O–H groups in total. The summed E-state index contributed by atoms with van der Waals surface area (Å²) in [4.78, 5) is 22.9. The van der Waals surface area contributed by atoms with E-state index in [4.69, 9.17) is 9.47 Å². The Morgan fingerprint density at radius 3 is 2.74 bits per heavy atom. The van der Waals surface area contributed by atoms with Gasteiger partial charge in [-0.15, -0.1) is 0 Å². The number of fused-ring (bicyclic) bond motifs is 2. The number of sulfone groups is 1. The molecule has 0 radical (unpaired) electrons. The molecule has 2 aromatic rings. The predicted octanol–water partition coefficient (Wildman–Crippen LogP) is 3.99. The Morgan fingerprint density at radius 1 is 1.29 bits per heavy atom. The number of nitrogens with zero attached hydrogens (tertiary/aromatic N) is 3. The van der Waals surface area contributed by atoms with Crippen LogP contribution in [0.3, 0.4) is 0 Å². The van der Waals surface area contributed by atoms with Crippen LogP contribution in [0.5, 0.6) is 5.88 Å². The molecule has 3 atom stereocenters. The lowest BCUT2D eigenvalue weighted by Gasteiger charge is -2.25. The highest BCUT2D eigenvalue weighted by atomic mass is 32.2. The van der Waals surface area contributed by atoms with Crippen molar-refractivity contribution in [1.29, 1.82) is 0 Å². The van der Waals surface area contributed by atoms with Gasteiger partial charge in [-0.1, -0.05) is 0 Å². The molecule has 0 spiro atoms. The van der Waals surface area contributed by atoms with E-state index in [0.717, 1.165) is 44.4 Å². The van der Waals surface area contributed by atoms with Gasteiger partial charge >= 0.3 is 6.09 Å². The largest absolute Gasteiger partial charge is 0.477 e. The fourth-order valence-electron chi connectivity index (χ4n) is 4.96. The number of ether oxygens (including phenoxy) is 2. The summed E-state index contributed by atoms with van der Waals surface area (Å²) in [6.45, 7) is 4.14. The zero-order valence-electron chi connectivity index (χ0n) is 20.0. The number of benzene rings is 1. The molecule has 3 fully saturated rings. The van der Waals surface area contributed by atoms with Gasteiger partial charge in [0.2, 0.25) is 5.88 Å². The van der Waals surface area contributed by atoms with Crippen molar-refractivity contribution in [2.75, 3.05) is 18.2 Å². The summed E-state index contributed by atoms with van der Waals surface area (Å²) in [6, 6.07) is 3.95.